The van der Waals surface area contributed by atoms with Gasteiger partial charge in [-0.15, -0.1) is 0 Å². The third kappa shape index (κ3) is 3.12. The summed E-state index contributed by atoms with van der Waals surface area (Å²) in [6.07, 6.45) is 0.164. The van der Waals surface area contributed by atoms with Crippen molar-refractivity contribution in [1.29, 1.82) is 0 Å². The zero-order chi connectivity index (χ0) is 9.84. The average molecular weight is 186 g/mol. The zero-order valence-electron chi connectivity index (χ0n) is 7.79. The predicted octanol–water partition coefficient (Wildman–Crippen LogP) is -0.421. The molecule has 0 bridgehead atoms. The Morgan fingerprint density at radius 3 is 2.77 bits per heavy atom. The van der Waals surface area contributed by atoms with E-state index in [0.717, 1.165) is 0 Å². The second kappa shape index (κ2) is 4.34. The van der Waals surface area contributed by atoms with Gasteiger partial charge in [0.25, 0.3) is 0 Å². The molecule has 0 saturated carbocycles. The smallest absolute Gasteiger partial charge is 0.246 e. The molecule has 2 N–H and O–H groups in total. The van der Waals surface area contributed by atoms with Gasteiger partial charge in [0.1, 0.15) is 6.04 Å². The van der Waals surface area contributed by atoms with Gasteiger partial charge in [0, 0.05) is 0 Å². The standard InChI is InChI=1S/C8H14N2O3/c1-5(2)4-13-10-6-3-7(11)9-8(6)12/h5-6,10H,3-4H2,1-2H3,(H,9,11,12). The highest BCUT2D eigenvalue weighted by atomic mass is 16.6. The van der Waals surface area contributed by atoms with Crippen molar-refractivity contribution < 1.29 is 14.4 Å². The Kier molecular flexibility index (Phi) is 3.39. The van der Waals surface area contributed by atoms with Crippen LogP contribution in [0.5, 0.6) is 0 Å². The lowest BCUT2D eigenvalue weighted by atomic mass is 10.2. The van der Waals surface area contributed by atoms with Gasteiger partial charge in [-0.3, -0.25) is 14.9 Å². The molecule has 13 heavy (non-hydrogen) atoms. The molecular weight excluding hydrogens is 172 g/mol. The van der Waals surface area contributed by atoms with E-state index in [0.29, 0.717) is 12.5 Å². The lowest BCUT2D eigenvalue weighted by Crippen LogP contribution is -2.36. The fraction of sp³-hybridized carbons (Fsp3) is 0.750. The Bertz CT molecular complexity index is 215. The maximum Gasteiger partial charge on any atom is 0.246 e. The first-order chi connectivity index (χ1) is 6.09. The van der Waals surface area contributed by atoms with Crippen LogP contribution in [0.3, 0.4) is 0 Å². The van der Waals surface area contributed by atoms with Gasteiger partial charge in [-0.2, -0.15) is 5.48 Å². The quantitative estimate of drug-likeness (QED) is 0.462. The molecule has 2 amide bonds. The average Bonchev–Trinajstić information content (AvgIpc) is 2.29. The second-order valence-corrected chi connectivity index (χ2v) is 3.49. The summed E-state index contributed by atoms with van der Waals surface area (Å²) in [5.74, 6) is -0.169. The number of imide groups is 1. The summed E-state index contributed by atoms with van der Waals surface area (Å²) in [5.41, 5.74) is 2.56. The molecule has 0 aliphatic carbocycles. The van der Waals surface area contributed by atoms with Gasteiger partial charge >= 0.3 is 0 Å². The van der Waals surface area contributed by atoms with Crippen molar-refractivity contribution in [2.75, 3.05) is 6.61 Å². The Morgan fingerprint density at radius 1 is 1.62 bits per heavy atom. The number of hydroxylamine groups is 1. The van der Waals surface area contributed by atoms with Crippen LogP contribution >= 0.6 is 0 Å². The number of hydrogen-bond donors (Lipinski definition) is 2. The molecule has 1 rings (SSSR count). The topological polar surface area (TPSA) is 67.4 Å². The Hall–Kier alpha value is -0.940. The molecule has 5 heteroatoms. The first kappa shape index (κ1) is 10.1. The molecule has 1 fully saturated rings. The van der Waals surface area contributed by atoms with E-state index in [2.05, 4.69) is 10.8 Å². The van der Waals surface area contributed by atoms with Crippen LogP contribution in [-0.2, 0) is 14.4 Å². The number of nitrogens with one attached hydrogen (secondary N) is 2. The minimum Gasteiger partial charge on any atom is -0.301 e. The molecule has 74 valence electrons. The summed E-state index contributed by atoms with van der Waals surface area (Å²) in [7, 11) is 0. The van der Waals surface area contributed by atoms with Gasteiger partial charge in [-0.05, 0) is 5.92 Å². The maximum atomic E-state index is 11.0. The molecule has 5 nitrogen and oxygen atoms in total. The van der Waals surface area contributed by atoms with E-state index in [-0.39, 0.29) is 18.2 Å². The van der Waals surface area contributed by atoms with Crippen LogP contribution < -0.4 is 10.8 Å². The molecule has 0 radical (unpaired) electrons. The van der Waals surface area contributed by atoms with Gasteiger partial charge in [0.15, 0.2) is 0 Å². The molecule has 1 aliphatic rings. The molecule has 1 saturated heterocycles. The molecule has 1 heterocycles. The minimum absolute atomic E-state index is 0.164. The monoisotopic (exact) mass is 186 g/mol. The van der Waals surface area contributed by atoms with Crippen molar-refractivity contribution in [1.82, 2.24) is 10.8 Å². The Balaban J connectivity index is 2.22. The number of hydrogen-bond acceptors (Lipinski definition) is 4. The predicted molar refractivity (Wildman–Crippen MR) is 45.5 cm³/mol. The van der Waals surface area contributed by atoms with E-state index in [1.54, 1.807) is 0 Å². The van der Waals surface area contributed by atoms with Gasteiger partial charge in [0.2, 0.25) is 11.8 Å². The minimum atomic E-state index is -0.522. The SMILES string of the molecule is CC(C)CONC1CC(=O)NC1=O. The molecule has 0 aromatic heterocycles. The second-order valence-electron chi connectivity index (χ2n) is 3.49. The highest BCUT2D eigenvalue weighted by Crippen LogP contribution is 2.01. The number of carbonyl (C=O) groups is 2. The Labute approximate surface area is 76.8 Å². The summed E-state index contributed by atoms with van der Waals surface area (Å²) in [6, 6.07) is -0.522. The summed E-state index contributed by atoms with van der Waals surface area (Å²) in [4.78, 5) is 26.8. The summed E-state index contributed by atoms with van der Waals surface area (Å²) in [6.45, 7) is 4.53. The van der Waals surface area contributed by atoms with Crippen molar-refractivity contribution in [2.45, 2.75) is 26.3 Å². The van der Waals surface area contributed by atoms with Gasteiger partial charge < -0.3 is 4.84 Å². The van der Waals surface area contributed by atoms with Crippen LogP contribution in [0.1, 0.15) is 20.3 Å². The molecular formula is C8H14N2O3. The van der Waals surface area contributed by atoms with Crippen LogP contribution in [0.15, 0.2) is 0 Å². The van der Waals surface area contributed by atoms with Crippen LogP contribution in [0.25, 0.3) is 0 Å². The van der Waals surface area contributed by atoms with Crippen molar-refractivity contribution >= 4 is 11.8 Å². The Morgan fingerprint density at radius 2 is 2.31 bits per heavy atom. The highest BCUT2D eigenvalue weighted by molar-refractivity contribution is 6.05. The molecule has 0 aromatic rings. The molecule has 0 spiro atoms. The highest BCUT2D eigenvalue weighted by Gasteiger charge is 2.30. The van der Waals surface area contributed by atoms with Gasteiger partial charge in [-0.1, -0.05) is 13.8 Å². The van der Waals surface area contributed by atoms with Crippen LogP contribution in [-0.4, -0.2) is 24.5 Å². The van der Waals surface area contributed by atoms with Crippen LogP contribution in [0, 0.1) is 5.92 Å². The molecule has 1 atom stereocenters. The van der Waals surface area contributed by atoms with Gasteiger partial charge in [-0.25, -0.2) is 0 Å². The van der Waals surface area contributed by atoms with Crippen molar-refractivity contribution in [3.8, 4) is 0 Å². The lowest BCUT2D eigenvalue weighted by molar-refractivity contribution is -0.126. The third-order valence-electron chi connectivity index (χ3n) is 1.61. The van der Waals surface area contributed by atoms with Crippen molar-refractivity contribution in [3.63, 3.8) is 0 Å². The largest absolute Gasteiger partial charge is 0.301 e. The normalized spacial score (nSPS) is 22.5. The van der Waals surface area contributed by atoms with Crippen LogP contribution in [0.4, 0.5) is 0 Å². The first-order valence-electron chi connectivity index (χ1n) is 4.30. The summed E-state index contributed by atoms with van der Waals surface area (Å²) >= 11 is 0. The number of amides is 2. The number of carbonyl (C=O) groups excluding carboxylic acids is 2. The van der Waals surface area contributed by atoms with Crippen LogP contribution in [0.2, 0.25) is 0 Å². The van der Waals surface area contributed by atoms with E-state index in [1.807, 2.05) is 13.8 Å². The third-order valence-corrected chi connectivity index (χ3v) is 1.61. The summed E-state index contributed by atoms with van der Waals surface area (Å²) < 4.78 is 0. The van der Waals surface area contributed by atoms with E-state index < -0.39 is 6.04 Å². The fourth-order valence-electron chi connectivity index (χ4n) is 0.964. The molecule has 1 unspecified atom stereocenters. The zero-order valence-corrected chi connectivity index (χ0v) is 7.79. The van der Waals surface area contributed by atoms with Crippen molar-refractivity contribution in [2.24, 2.45) is 5.92 Å². The molecule has 1 aliphatic heterocycles. The van der Waals surface area contributed by atoms with E-state index >= 15 is 0 Å². The van der Waals surface area contributed by atoms with E-state index in [1.165, 1.54) is 0 Å². The first-order valence-corrected chi connectivity index (χ1v) is 4.30. The number of rotatable bonds is 4. The van der Waals surface area contributed by atoms with E-state index in [9.17, 15) is 9.59 Å². The summed E-state index contributed by atoms with van der Waals surface area (Å²) in [5, 5.41) is 2.18. The fourth-order valence-corrected chi connectivity index (χ4v) is 0.964. The van der Waals surface area contributed by atoms with E-state index in [4.69, 9.17) is 4.84 Å². The molecule has 0 aromatic carbocycles. The lowest BCUT2D eigenvalue weighted by Gasteiger charge is -2.10. The van der Waals surface area contributed by atoms with Gasteiger partial charge in [0.05, 0.1) is 13.0 Å². The van der Waals surface area contributed by atoms with Crippen molar-refractivity contribution in [3.05, 3.63) is 0 Å². The maximum absolute atomic E-state index is 11.0.